The third-order valence-corrected chi connectivity index (χ3v) is 1.47. The topological polar surface area (TPSA) is 63.8 Å². The van der Waals surface area contributed by atoms with Gasteiger partial charge in [0.15, 0.2) is 5.82 Å². The SMILES string of the molecule is CCNc1nccnc1C(N)=S. The molecule has 0 unspecified atom stereocenters. The molecule has 0 radical (unpaired) electrons. The normalized spacial score (nSPS) is 9.42. The van der Waals surface area contributed by atoms with Crippen LogP contribution in [0.1, 0.15) is 12.6 Å². The molecule has 5 heteroatoms. The van der Waals surface area contributed by atoms with Crippen molar-refractivity contribution in [2.45, 2.75) is 6.92 Å². The third kappa shape index (κ3) is 1.88. The van der Waals surface area contributed by atoms with Gasteiger partial charge in [-0.25, -0.2) is 9.97 Å². The van der Waals surface area contributed by atoms with Gasteiger partial charge in [0, 0.05) is 18.9 Å². The maximum atomic E-state index is 5.43. The summed E-state index contributed by atoms with van der Waals surface area (Å²) in [4.78, 5) is 8.32. The standard InChI is InChI=1S/C7H10N4S/c1-2-9-7-5(6(8)12)10-3-4-11-7/h3-4H,2H2,1H3,(H2,8,12)(H,9,11). The molecule has 0 aliphatic carbocycles. The fraction of sp³-hybridized carbons (Fsp3) is 0.286. The first kappa shape index (κ1) is 8.86. The fourth-order valence-corrected chi connectivity index (χ4v) is 0.965. The van der Waals surface area contributed by atoms with E-state index in [-0.39, 0.29) is 4.99 Å². The number of hydrogen-bond donors (Lipinski definition) is 2. The maximum Gasteiger partial charge on any atom is 0.155 e. The molecule has 1 heterocycles. The van der Waals surface area contributed by atoms with Crippen molar-refractivity contribution in [3.05, 3.63) is 18.1 Å². The summed E-state index contributed by atoms with van der Waals surface area (Å²) < 4.78 is 0. The number of nitrogens with one attached hydrogen (secondary N) is 1. The van der Waals surface area contributed by atoms with Gasteiger partial charge in [-0.05, 0) is 6.92 Å². The predicted molar refractivity (Wildman–Crippen MR) is 52.1 cm³/mol. The largest absolute Gasteiger partial charge is 0.388 e. The highest BCUT2D eigenvalue weighted by atomic mass is 32.1. The number of thiocarbonyl (C=S) groups is 1. The molecule has 4 nitrogen and oxygen atoms in total. The van der Waals surface area contributed by atoms with Gasteiger partial charge in [-0.2, -0.15) is 0 Å². The molecule has 3 N–H and O–H groups in total. The van der Waals surface area contributed by atoms with Gasteiger partial charge in [0.2, 0.25) is 0 Å². The van der Waals surface area contributed by atoms with Crippen LogP contribution in [0.2, 0.25) is 0 Å². The van der Waals surface area contributed by atoms with Crippen molar-refractivity contribution in [2.24, 2.45) is 5.73 Å². The second-order valence-electron chi connectivity index (χ2n) is 2.15. The minimum Gasteiger partial charge on any atom is -0.388 e. The first-order valence-electron chi connectivity index (χ1n) is 3.60. The van der Waals surface area contributed by atoms with Gasteiger partial charge in [0.1, 0.15) is 10.7 Å². The highest BCUT2D eigenvalue weighted by Crippen LogP contribution is 2.06. The average Bonchev–Trinajstić information content (AvgIpc) is 2.05. The van der Waals surface area contributed by atoms with Crippen LogP contribution < -0.4 is 11.1 Å². The average molecular weight is 182 g/mol. The second kappa shape index (κ2) is 3.96. The molecular weight excluding hydrogens is 172 g/mol. The Kier molecular flexibility index (Phi) is 2.93. The second-order valence-corrected chi connectivity index (χ2v) is 2.59. The van der Waals surface area contributed by atoms with E-state index in [1.807, 2.05) is 6.92 Å². The predicted octanol–water partition coefficient (Wildman–Crippen LogP) is 0.543. The van der Waals surface area contributed by atoms with E-state index in [0.717, 1.165) is 6.54 Å². The number of rotatable bonds is 3. The van der Waals surface area contributed by atoms with Gasteiger partial charge in [-0.3, -0.25) is 0 Å². The highest BCUT2D eigenvalue weighted by molar-refractivity contribution is 7.80. The third-order valence-electron chi connectivity index (χ3n) is 1.28. The van der Waals surface area contributed by atoms with Crippen molar-refractivity contribution in [2.75, 3.05) is 11.9 Å². The maximum absolute atomic E-state index is 5.43. The Bertz CT molecular complexity index is 286. The molecule has 1 aromatic rings. The van der Waals surface area contributed by atoms with Crippen LogP contribution in [0.5, 0.6) is 0 Å². The van der Waals surface area contributed by atoms with E-state index in [9.17, 15) is 0 Å². The number of aromatic nitrogens is 2. The summed E-state index contributed by atoms with van der Waals surface area (Å²) >= 11 is 4.80. The highest BCUT2D eigenvalue weighted by Gasteiger charge is 2.04. The van der Waals surface area contributed by atoms with Crippen LogP contribution in [0.15, 0.2) is 12.4 Å². The van der Waals surface area contributed by atoms with Gasteiger partial charge >= 0.3 is 0 Å². The van der Waals surface area contributed by atoms with Crippen LogP contribution in [0.3, 0.4) is 0 Å². The Morgan fingerprint density at radius 2 is 2.25 bits per heavy atom. The zero-order valence-corrected chi connectivity index (χ0v) is 7.56. The monoisotopic (exact) mass is 182 g/mol. The lowest BCUT2D eigenvalue weighted by Gasteiger charge is -2.05. The zero-order valence-electron chi connectivity index (χ0n) is 6.74. The molecule has 64 valence electrons. The zero-order chi connectivity index (χ0) is 8.97. The molecule has 1 rings (SSSR count). The van der Waals surface area contributed by atoms with Crippen LogP contribution in [-0.4, -0.2) is 21.5 Å². The first-order valence-corrected chi connectivity index (χ1v) is 4.01. The van der Waals surface area contributed by atoms with Crippen molar-refractivity contribution in [1.29, 1.82) is 0 Å². The molecule has 0 amide bonds. The smallest absolute Gasteiger partial charge is 0.155 e. The minimum atomic E-state index is 0.263. The summed E-state index contributed by atoms with van der Waals surface area (Å²) in [6.45, 7) is 2.74. The van der Waals surface area contributed by atoms with Crippen molar-refractivity contribution in [3.63, 3.8) is 0 Å². The van der Waals surface area contributed by atoms with Gasteiger partial charge in [-0.15, -0.1) is 0 Å². The Labute approximate surface area is 76.2 Å². The molecule has 0 aromatic carbocycles. The van der Waals surface area contributed by atoms with Gasteiger partial charge in [0.25, 0.3) is 0 Å². The van der Waals surface area contributed by atoms with Crippen molar-refractivity contribution >= 4 is 23.0 Å². The molecule has 0 saturated carbocycles. The van der Waals surface area contributed by atoms with Crippen LogP contribution in [0.4, 0.5) is 5.82 Å². The first-order chi connectivity index (χ1) is 5.75. The van der Waals surface area contributed by atoms with E-state index in [1.165, 1.54) is 0 Å². The molecule has 0 atom stereocenters. The van der Waals surface area contributed by atoms with Crippen molar-refractivity contribution in [3.8, 4) is 0 Å². The molecule has 0 fully saturated rings. The van der Waals surface area contributed by atoms with Crippen molar-refractivity contribution in [1.82, 2.24) is 9.97 Å². The number of hydrogen-bond acceptors (Lipinski definition) is 4. The molecule has 0 aliphatic heterocycles. The number of nitrogens with two attached hydrogens (primary N) is 1. The number of anilines is 1. The molecule has 0 bridgehead atoms. The summed E-state index contributed by atoms with van der Waals surface area (Å²) in [5, 5.41) is 3.02. The molecule has 0 saturated heterocycles. The Balaban J connectivity index is 3.00. The van der Waals surface area contributed by atoms with Gasteiger partial charge in [-0.1, -0.05) is 12.2 Å². The van der Waals surface area contributed by atoms with Crippen LogP contribution >= 0.6 is 12.2 Å². The minimum absolute atomic E-state index is 0.263. The van der Waals surface area contributed by atoms with E-state index in [4.69, 9.17) is 18.0 Å². The lowest BCUT2D eigenvalue weighted by atomic mass is 10.4. The van der Waals surface area contributed by atoms with E-state index in [1.54, 1.807) is 12.4 Å². The summed E-state index contributed by atoms with van der Waals surface area (Å²) in [7, 11) is 0. The Morgan fingerprint density at radius 1 is 1.58 bits per heavy atom. The molecule has 12 heavy (non-hydrogen) atoms. The summed E-state index contributed by atoms with van der Waals surface area (Å²) in [6, 6.07) is 0. The Morgan fingerprint density at radius 3 is 2.83 bits per heavy atom. The lowest BCUT2D eigenvalue weighted by molar-refractivity contribution is 1.11. The van der Waals surface area contributed by atoms with Gasteiger partial charge < -0.3 is 11.1 Å². The van der Waals surface area contributed by atoms with E-state index in [2.05, 4.69) is 15.3 Å². The molecular formula is C7H10N4S. The van der Waals surface area contributed by atoms with Crippen LogP contribution in [0.25, 0.3) is 0 Å². The molecule has 1 aromatic heterocycles. The molecule has 0 spiro atoms. The lowest BCUT2D eigenvalue weighted by Crippen LogP contribution is -2.16. The quantitative estimate of drug-likeness (QED) is 0.668. The van der Waals surface area contributed by atoms with Crippen molar-refractivity contribution < 1.29 is 0 Å². The summed E-state index contributed by atoms with van der Waals surface area (Å²) in [6.07, 6.45) is 3.16. The van der Waals surface area contributed by atoms with Gasteiger partial charge in [0.05, 0.1) is 0 Å². The van der Waals surface area contributed by atoms with Crippen LogP contribution in [-0.2, 0) is 0 Å². The summed E-state index contributed by atoms with van der Waals surface area (Å²) in [5.41, 5.74) is 5.98. The fourth-order valence-electron chi connectivity index (χ4n) is 0.815. The Hall–Kier alpha value is -1.23. The van der Waals surface area contributed by atoms with E-state index >= 15 is 0 Å². The van der Waals surface area contributed by atoms with Crippen LogP contribution in [0, 0.1) is 0 Å². The molecule has 0 aliphatic rings. The number of nitrogens with zero attached hydrogens (tertiary/aromatic N) is 2. The summed E-state index contributed by atoms with van der Waals surface area (Å²) in [5.74, 6) is 0.646. The van der Waals surface area contributed by atoms with E-state index < -0.39 is 0 Å². The van der Waals surface area contributed by atoms with E-state index in [0.29, 0.717) is 11.5 Å².